The first kappa shape index (κ1) is 19.1. The predicted octanol–water partition coefficient (Wildman–Crippen LogP) is 1.71. The van der Waals surface area contributed by atoms with Crippen LogP contribution in [0.1, 0.15) is 22.0 Å². The normalized spacial score (nSPS) is 15.2. The number of carbonyl (C=O) groups excluding carboxylic acids is 2. The van der Waals surface area contributed by atoms with Crippen LogP contribution in [-0.2, 0) is 9.53 Å². The maximum Gasteiger partial charge on any atom is 0.355 e. The highest BCUT2D eigenvalue weighted by molar-refractivity contribution is 6.14. The number of nitrogens with zero attached hydrogens (tertiary/aromatic N) is 4. The van der Waals surface area contributed by atoms with Gasteiger partial charge in [-0.2, -0.15) is 4.68 Å². The number of esters is 1. The van der Waals surface area contributed by atoms with E-state index in [0.29, 0.717) is 11.1 Å². The molecule has 30 heavy (non-hydrogen) atoms. The number of fused-ring (bicyclic) bond motifs is 1. The fourth-order valence-electron chi connectivity index (χ4n) is 3.31. The van der Waals surface area contributed by atoms with Gasteiger partial charge in [0.1, 0.15) is 11.7 Å². The Hall–Kier alpha value is -4.21. The lowest BCUT2D eigenvalue weighted by Gasteiger charge is -2.28. The minimum absolute atomic E-state index is 0.0642. The van der Waals surface area contributed by atoms with Crippen molar-refractivity contribution in [3.8, 4) is 11.5 Å². The molecule has 2 heterocycles. The second kappa shape index (κ2) is 7.66. The van der Waals surface area contributed by atoms with Crippen LogP contribution in [0, 0.1) is 0 Å². The Morgan fingerprint density at radius 1 is 1.13 bits per heavy atom. The molecule has 2 N–H and O–H groups in total. The van der Waals surface area contributed by atoms with Crippen molar-refractivity contribution in [1.82, 2.24) is 20.2 Å². The van der Waals surface area contributed by atoms with Crippen molar-refractivity contribution in [3.63, 3.8) is 0 Å². The first-order chi connectivity index (χ1) is 14.5. The van der Waals surface area contributed by atoms with E-state index in [9.17, 15) is 14.7 Å². The highest BCUT2D eigenvalue weighted by Crippen LogP contribution is 2.39. The summed E-state index contributed by atoms with van der Waals surface area (Å²) in [6.45, 7) is 0. The van der Waals surface area contributed by atoms with Gasteiger partial charge in [-0.1, -0.05) is 41.5 Å². The number of phenolic OH excluding ortho intramolecular Hbond substituents is 1. The number of aromatic nitrogens is 4. The van der Waals surface area contributed by atoms with E-state index in [1.807, 2.05) is 0 Å². The molecule has 0 bridgehead atoms. The summed E-state index contributed by atoms with van der Waals surface area (Å²) < 4.78 is 11.5. The second-order valence-electron chi connectivity index (χ2n) is 6.38. The number of Topliss-reactive ketones (excluding diaryl/α,β-unsaturated/α-hetero) is 1. The molecule has 1 atom stereocenters. The zero-order valence-corrected chi connectivity index (χ0v) is 16.1. The summed E-state index contributed by atoms with van der Waals surface area (Å²) in [5, 5.41) is 24.3. The van der Waals surface area contributed by atoms with Crippen molar-refractivity contribution >= 4 is 17.7 Å². The van der Waals surface area contributed by atoms with E-state index in [-0.39, 0.29) is 28.7 Å². The molecule has 1 aromatic heterocycles. The smallest absolute Gasteiger partial charge is 0.355 e. The summed E-state index contributed by atoms with van der Waals surface area (Å²) in [4.78, 5) is 26.1. The highest BCUT2D eigenvalue weighted by Gasteiger charge is 2.38. The largest absolute Gasteiger partial charge is 0.504 e. The maximum atomic E-state index is 13.5. The number of aromatic hydroxyl groups is 1. The number of ketones is 1. The van der Waals surface area contributed by atoms with Crippen LogP contribution in [0.25, 0.3) is 0 Å². The quantitative estimate of drug-likeness (QED) is 0.480. The van der Waals surface area contributed by atoms with Crippen LogP contribution in [-0.4, -0.2) is 51.3 Å². The van der Waals surface area contributed by atoms with Crippen molar-refractivity contribution in [2.45, 2.75) is 6.04 Å². The lowest BCUT2D eigenvalue weighted by atomic mass is 9.89. The first-order valence-electron chi connectivity index (χ1n) is 8.89. The molecule has 0 unspecified atom stereocenters. The van der Waals surface area contributed by atoms with Crippen LogP contribution in [0.3, 0.4) is 0 Å². The number of phenols is 1. The van der Waals surface area contributed by atoms with Gasteiger partial charge in [-0.05, 0) is 28.1 Å². The number of hydrogen-bond acceptors (Lipinski definition) is 9. The molecule has 3 aromatic rings. The van der Waals surface area contributed by atoms with E-state index in [1.165, 1.54) is 25.0 Å². The maximum absolute atomic E-state index is 13.5. The predicted molar refractivity (Wildman–Crippen MR) is 104 cm³/mol. The van der Waals surface area contributed by atoms with Crippen molar-refractivity contribution in [1.29, 1.82) is 0 Å². The molecular formula is C20H17N5O5. The number of benzene rings is 2. The molecule has 0 spiro atoms. The third kappa shape index (κ3) is 3.13. The van der Waals surface area contributed by atoms with Gasteiger partial charge in [0.05, 0.1) is 19.8 Å². The summed E-state index contributed by atoms with van der Waals surface area (Å²) in [5.41, 5.74) is 0.939. The minimum Gasteiger partial charge on any atom is -0.504 e. The molecule has 1 aliphatic rings. The molecule has 2 aromatic carbocycles. The molecular weight excluding hydrogens is 390 g/mol. The van der Waals surface area contributed by atoms with Gasteiger partial charge < -0.3 is 19.9 Å². The summed E-state index contributed by atoms with van der Waals surface area (Å²) in [6.07, 6.45) is 0. The van der Waals surface area contributed by atoms with Gasteiger partial charge in [0.25, 0.3) is 0 Å². The number of methoxy groups -OCH3 is 2. The second-order valence-corrected chi connectivity index (χ2v) is 6.38. The molecule has 0 saturated carbocycles. The first-order valence-corrected chi connectivity index (χ1v) is 8.89. The average molecular weight is 407 g/mol. The molecule has 0 saturated heterocycles. The van der Waals surface area contributed by atoms with Crippen LogP contribution in [0.2, 0.25) is 0 Å². The third-order valence-electron chi connectivity index (χ3n) is 4.71. The zero-order chi connectivity index (χ0) is 21.3. The lowest BCUT2D eigenvalue weighted by molar-refractivity contribution is -0.136. The molecule has 0 amide bonds. The average Bonchev–Trinajstić information content (AvgIpc) is 3.26. The monoisotopic (exact) mass is 407 g/mol. The molecule has 10 heteroatoms. The summed E-state index contributed by atoms with van der Waals surface area (Å²) in [7, 11) is 2.63. The van der Waals surface area contributed by atoms with E-state index in [4.69, 9.17) is 9.47 Å². The van der Waals surface area contributed by atoms with E-state index in [2.05, 4.69) is 20.8 Å². The van der Waals surface area contributed by atoms with Crippen LogP contribution in [0.15, 0.2) is 59.8 Å². The van der Waals surface area contributed by atoms with Gasteiger partial charge in [-0.25, -0.2) is 4.79 Å². The van der Waals surface area contributed by atoms with Gasteiger partial charge in [-0.3, -0.25) is 4.79 Å². The van der Waals surface area contributed by atoms with E-state index >= 15 is 0 Å². The fourth-order valence-corrected chi connectivity index (χ4v) is 3.31. The Morgan fingerprint density at radius 3 is 2.60 bits per heavy atom. The number of anilines is 1. The van der Waals surface area contributed by atoms with E-state index < -0.39 is 17.8 Å². The molecule has 1 aliphatic heterocycles. The standard InChI is InChI=1S/C20H17N5O5/c1-29-14-10-12(8-9-13(14)26)17-15(18(27)11-6-4-3-5-7-11)16(19(28)30-2)21-20-22-23-24-25(17)20/h3-10,17,26H,1-2H3,(H,21,22,24)/t17-/m1/s1. The Labute approximate surface area is 170 Å². The minimum atomic E-state index is -0.868. The number of hydrogen-bond donors (Lipinski definition) is 2. The van der Waals surface area contributed by atoms with Crippen molar-refractivity contribution < 1.29 is 24.2 Å². The lowest BCUT2D eigenvalue weighted by Crippen LogP contribution is -2.32. The van der Waals surface area contributed by atoms with Crippen LogP contribution < -0.4 is 10.1 Å². The Kier molecular flexibility index (Phi) is 4.88. The van der Waals surface area contributed by atoms with Gasteiger partial charge in [-0.15, -0.1) is 0 Å². The van der Waals surface area contributed by atoms with E-state index in [1.54, 1.807) is 42.5 Å². The number of rotatable bonds is 5. The van der Waals surface area contributed by atoms with Crippen LogP contribution in [0.5, 0.6) is 11.5 Å². The number of ether oxygens (including phenoxy) is 2. The highest BCUT2D eigenvalue weighted by atomic mass is 16.5. The molecule has 0 fully saturated rings. The van der Waals surface area contributed by atoms with Gasteiger partial charge in [0, 0.05) is 5.56 Å². The number of allylic oxidation sites excluding steroid dienone is 1. The van der Waals surface area contributed by atoms with Gasteiger partial charge in [0.15, 0.2) is 17.3 Å². The van der Waals surface area contributed by atoms with Gasteiger partial charge >= 0.3 is 5.97 Å². The summed E-state index contributed by atoms with van der Waals surface area (Å²) >= 11 is 0. The topological polar surface area (TPSA) is 128 Å². The number of tetrazole rings is 1. The van der Waals surface area contributed by atoms with Crippen molar-refractivity contribution in [3.05, 3.63) is 70.9 Å². The fraction of sp³-hybridized carbons (Fsp3) is 0.150. The van der Waals surface area contributed by atoms with E-state index in [0.717, 1.165) is 0 Å². The van der Waals surface area contributed by atoms with Crippen molar-refractivity contribution in [2.24, 2.45) is 0 Å². The Morgan fingerprint density at radius 2 is 1.90 bits per heavy atom. The van der Waals surface area contributed by atoms with Crippen molar-refractivity contribution in [2.75, 3.05) is 19.5 Å². The molecule has 0 aliphatic carbocycles. The third-order valence-corrected chi connectivity index (χ3v) is 4.71. The Balaban J connectivity index is 1.97. The molecule has 4 rings (SSSR count). The molecule has 0 radical (unpaired) electrons. The Bertz CT molecular complexity index is 1160. The SMILES string of the molecule is COC(=O)C1=C(C(=O)c2ccccc2)[C@@H](c2ccc(O)c(OC)c2)n2nnnc2N1. The van der Waals surface area contributed by atoms with Crippen LogP contribution in [0.4, 0.5) is 5.95 Å². The molecule has 10 nitrogen and oxygen atoms in total. The summed E-state index contributed by atoms with van der Waals surface area (Å²) in [5.74, 6) is -0.843. The van der Waals surface area contributed by atoms with Gasteiger partial charge in [0.2, 0.25) is 5.95 Å². The number of nitrogens with one attached hydrogen (secondary N) is 1. The van der Waals surface area contributed by atoms with Crippen LogP contribution >= 0.6 is 0 Å². The molecule has 152 valence electrons. The number of carbonyl (C=O) groups is 2. The zero-order valence-electron chi connectivity index (χ0n) is 16.1. The summed E-state index contributed by atoms with van der Waals surface area (Å²) in [6, 6.07) is 12.3.